The molecule has 128 valence electrons. The summed E-state index contributed by atoms with van der Waals surface area (Å²) < 4.78 is 32.5. The van der Waals surface area contributed by atoms with E-state index in [1.165, 1.54) is 12.1 Å². The standard InChI is InChI=1S/C17H15F2N5O/c1-25-15-4-6-20-17(21-15)24-7-5-14-12(9-24)16(23-22-14)11-3-2-10(18)8-13(11)19/h2-4,6,8H,5,7,9H2,1H3,(H,22,23). The zero-order chi connectivity index (χ0) is 17.4. The Bertz CT molecular complexity index is 927. The van der Waals surface area contributed by atoms with Gasteiger partial charge in [-0.2, -0.15) is 10.1 Å². The molecule has 1 aliphatic heterocycles. The van der Waals surface area contributed by atoms with E-state index in [4.69, 9.17) is 4.74 Å². The highest BCUT2D eigenvalue weighted by Gasteiger charge is 2.25. The van der Waals surface area contributed by atoms with Gasteiger partial charge in [-0.1, -0.05) is 0 Å². The van der Waals surface area contributed by atoms with Gasteiger partial charge in [-0.3, -0.25) is 5.10 Å². The lowest BCUT2D eigenvalue weighted by Gasteiger charge is -2.27. The van der Waals surface area contributed by atoms with E-state index in [9.17, 15) is 8.78 Å². The maximum atomic E-state index is 14.2. The fourth-order valence-corrected chi connectivity index (χ4v) is 2.97. The van der Waals surface area contributed by atoms with Gasteiger partial charge < -0.3 is 9.64 Å². The SMILES string of the molecule is COc1ccnc(N2CCc3[nH]nc(-c4ccc(F)cc4F)c3C2)n1. The topological polar surface area (TPSA) is 66.9 Å². The Morgan fingerprint density at radius 3 is 2.92 bits per heavy atom. The van der Waals surface area contributed by atoms with Gasteiger partial charge in [0, 0.05) is 54.7 Å². The van der Waals surface area contributed by atoms with Crippen LogP contribution in [0.4, 0.5) is 14.7 Å². The molecule has 0 saturated carbocycles. The van der Waals surface area contributed by atoms with Gasteiger partial charge in [-0.25, -0.2) is 13.8 Å². The van der Waals surface area contributed by atoms with Crippen LogP contribution in [0, 0.1) is 11.6 Å². The molecule has 4 rings (SSSR count). The summed E-state index contributed by atoms with van der Waals surface area (Å²) in [6, 6.07) is 5.17. The summed E-state index contributed by atoms with van der Waals surface area (Å²) in [5, 5.41) is 7.20. The fourth-order valence-electron chi connectivity index (χ4n) is 2.97. The number of hydrogen-bond donors (Lipinski definition) is 1. The molecule has 0 bridgehead atoms. The summed E-state index contributed by atoms with van der Waals surface area (Å²) in [6.45, 7) is 1.18. The van der Waals surface area contributed by atoms with Crippen molar-refractivity contribution in [3.63, 3.8) is 0 Å². The second-order valence-corrected chi connectivity index (χ2v) is 5.72. The van der Waals surface area contributed by atoms with Crippen molar-refractivity contribution in [1.82, 2.24) is 20.2 Å². The maximum Gasteiger partial charge on any atom is 0.228 e. The van der Waals surface area contributed by atoms with Gasteiger partial charge >= 0.3 is 0 Å². The van der Waals surface area contributed by atoms with Gasteiger partial charge in [0.2, 0.25) is 11.8 Å². The van der Waals surface area contributed by atoms with Crippen LogP contribution in [0.2, 0.25) is 0 Å². The van der Waals surface area contributed by atoms with E-state index in [-0.39, 0.29) is 5.56 Å². The van der Waals surface area contributed by atoms with Gasteiger partial charge in [-0.15, -0.1) is 0 Å². The summed E-state index contributed by atoms with van der Waals surface area (Å²) >= 11 is 0. The zero-order valence-corrected chi connectivity index (χ0v) is 13.5. The average molecular weight is 343 g/mol. The van der Waals surface area contributed by atoms with Crippen LogP contribution in [0.5, 0.6) is 5.88 Å². The Morgan fingerprint density at radius 1 is 1.24 bits per heavy atom. The zero-order valence-electron chi connectivity index (χ0n) is 13.5. The van der Waals surface area contributed by atoms with Crippen LogP contribution in [0.1, 0.15) is 11.3 Å². The highest BCUT2D eigenvalue weighted by Crippen LogP contribution is 2.31. The van der Waals surface area contributed by atoms with Crippen molar-refractivity contribution in [3.05, 3.63) is 53.4 Å². The molecular formula is C17H15F2N5O. The first kappa shape index (κ1) is 15.5. The molecule has 0 fully saturated rings. The third-order valence-corrected chi connectivity index (χ3v) is 4.23. The smallest absolute Gasteiger partial charge is 0.228 e. The summed E-state index contributed by atoms with van der Waals surface area (Å²) in [5.74, 6) is -0.231. The summed E-state index contributed by atoms with van der Waals surface area (Å²) in [6.07, 6.45) is 2.33. The third-order valence-electron chi connectivity index (χ3n) is 4.23. The summed E-state index contributed by atoms with van der Waals surface area (Å²) in [4.78, 5) is 10.6. The third kappa shape index (κ3) is 2.79. The number of H-pyrrole nitrogens is 1. The number of aromatic nitrogens is 4. The maximum absolute atomic E-state index is 14.2. The van der Waals surface area contributed by atoms with E-state index in [1.54, 1.807) is 19.4 Å². The number of halogens is 2. The van der Waals surface area contributed by atoms with Crippen LogP contribution in [0.25, 0.3) is 11.3 Å². The van der Waals surface area contributed by atoms with Gasteiger partial charge in [-0.05, 0) is 12.1 Å². The Kier molecular flexibility index (Phi) is 3.79. The number of hydrogen-bond acceptors (Lipinski definition) is 5. The number of benzene rings is 1. The van der Waals surface area contributed by atoms with Crippen molar-refractivity contribution in [3.8, 4) is 17.1 Å². The van der Waals surface area contributed by atoms with E-state index in [1.807, 2.05) is 4.90 Å². The molecular weight excluding hydrogens is 328 g/mol. The molecule has 1 aromatic carbocycles. The first-order valence-electron chi connectivity index (χ1n) is 7.79. The first-order valence-corrected chi connectivity index (χ1v) is 7.79. The molecule has 0 spiro atoms. The van der Waals surface area contributed by atoms with Crippen molar-refractivity contribution in [2.75, 3.05) is 18.6 Å². The normalized spacial score (nSPS) is 13.6. The van der Waals surface area contributed by atoms with Gasteiger partial charge in [0.15, 0.2) is 0 Å². The molecule has 0 amide bonds. The van der Waals surface area contributed by atoms with Crippen LogP contribution >= 0.6 is 0 Å². The second-order valence-electron chi connectivity index (χ2n) is 5.72. The first-order chi connectivity index (χ1) is 12.2. The van der Waals surface area contributed by atoms with Crippen molar-refractivity contribution < 1.29 is 13.5 Å². The molecule has 25 heavy (non-hydrogen) atoms. The molecule has 3 heterocycles. The number of nitrogens with zero attached hydrogens (tertiary/aromatic N) is 4. The van der Waals surface area contributed by atoms with Crippen molar-refractivity contribution >= 4 is 5.95 Å². The molecule has 2 aromatic heterocycles. The monoisotopic (exact) mass is 343 g/mol. The van der Waals surface area contributed by atoms with Crippen molar-refractivity contribution in [1.29, 1.82) is 0 Å². The largest absolute Gasteiger partial charge is 0.481 e. The highest BCUT2D eigenvalue weighted by atomic mass is 19.1. The average Bonchev–Trinajstić information content (AvgIpc) is 3.05. The summed E-state index contributed by atoms with van der Waals surface area (Å²) in [7, 11) is 1.55. The molecule has 0 radical (unpaired) electrons. The van der Waals surface area contributed by atoms with Crippen LogP contribution < -0.4 is 9.64 Å². The molecule has 0 unspecified atom stereocenters. The number of rotatable bonds is 3. The number of ether oxygens (including phenoxy) is 1. The Morgan fingerprint density at radius 2 is 2.12 bits per heavy atom. The minimum atomic E-state index is -0.635. The molecule has 0 atom stereocenters. The van der Waals surface area contributed by atoms with E-state index < -0.39 is 11.6 Å². The van der Waals surface area contributed by atoms with Crippen molar-refractivity contribution in [2.45, 2.75) is 13.0 Å². The molecule has 0 aliphatic carbocycles. The fraction of sp³-hybridized carbons (Fsp3) is 0.235. The number of aromatic amines is 1. The number of fused-ring (bicyclic) bond motifs is 1. The lowest BCUT2D eigenvalue weighted by Crippen LogP contribution is -2.31. The molecule has 6 nitrogen and oxygen atoms in total. The predicted molar refractivity (Wildman–Crippen MR) is 87.3 cm³/mol. The van der Waals surface area contributed by atoms with Gasteiger partial charge in [0.1, 0.15) is 17.3 Å². The molecule has 1 aliphatic rings. The van der Waals surface area contributed by atoms with Crippen LogP contribution in [0.3, 0.4) is 0 Å². The van der Waals surface area contributed by atoms with E-state index in [0.717, 1.165) is 17.3 Å². The highest BCUT2D eigenvalue weighted by molar-refractivity contribution is 5.66. The molecule has 0 saturated heterocycles. The quantitative estimate of drug-likeness (QED) is 0.792. The van der Waals surface area contributed by atoms with E-state index in [0.29, 0.717) is 37.0 Å². The Labute approximate surface area is 142 Å². The second kappa shape index (κ2) is 6.12. The number of nitrogens with one attached hydrogen (secondary N) is 1. The van der Waals surface area contributed by atoms with Crippen molar-refractivity contribution in [2.24, 2.45) is 0 Å². The number of methoxy groups -OCH3 is 1. The van der Waals surface area contributed by atoms with Gasteiger partial charge in [0.25, 0.3) is 0 Å². The molecule has 3 aromatic rings. The predicted octanol–water partition coefficient (Wildman–Crippen LogP) is 2.72. The van der Waals surface area contributed by atoms with Gasteiger partial charge in [0.05, 0.1) is 7.11 Å². The van der Waals surface area contributed by atoms with Crippen LogP contribution in [-0.4, -0.2) is 33.8 Å². The lowest BCUT2D eigenvalue weighted by molar-refractivity contribution is 0.396. The summed E-state index contributed by atoms with van der Waals surface area (Å²) in [5.41, 5.74) is 2.56. The van der Waals surface area contributed by atoms with Crippen LogP contribution in [0.15, 0.2) is 30.5 Å². The Balaban J connectivity index is 1.70. The minimum Gasteiger partial charge on any atom is -0.481 e. The minimum absolute atomic E-state index is 0.271. The Hall–Kier alpha value is -3.03. The van der Waals surface area contributed by atoms with E-state index >= 15 is 0 Å². The van der Waals surface area contributed by atoms with E-state index in [2.05, 4.69) is 20.2 Å². The molecule has 8 heteroatoms. The lowest BCUT2D eigenvalue weighted by atomic mass is 10.0. The number of anilines is 1. The van der Waals surface area contributed by atoms with Crippen LogP contribution in [-0.2, 0) is 13.0 Å². The molecule has 1 N–H and O–H groups in total.